The van der Waals surface area contributed by atoms with Gasteiger partial charge in [0.1, 0.15) is 0 Å². The maximum absolute atomic E-state index is 10.7. The fraction of sp³-hybridized carbons (Fsp3) is 0.357. The van der Waals surface area contributed by atoms with E-state index in [0.29, 0.717) is 11.1 Å². The van der Waals surface area contributed by atoms with Crippen LogP contribution in [0.5, 0.6) is 0 Å². The Bertz CT molecular complexity index is 636. The van der Waals surface area contributed by atoms with E-state index in [1.54, 1.807) is 12.3 Å². The summed E-state index contributed by atoms with van der Waals surface area (Å²) in [6, 6.07) is 5.11. The molecule has 0 atom stereocenters. The highest BCUT2D eigenvalue weighted by Gasteiger charge is 2.22. The molecule has 1 aromatic heterocycles. The maximum Gasteiger partial charge on any atom is 0.271 e. The molecule has 0 spiro atoms. The minimum atomic E-state index is -0.430. The van der Waals surface area contributed by atoms with E-state index in [-0.39, 0.29) is 5.69 Å². The predicted molar refractivity (Wildman–Crippen MR) is 80.8 cm³/mol. The van der Waals surface area contributed by atoms with Crippen molar-refractivity contribution in [1.82, 2.24) is 9.55 Å². The smallest absolute Gasteiger partial charge is 0.271 e. The predicted octanol–water partition coefficient (Wildman–Crippen LogP) is 3.29. The summed E-state index contributed by atoms with van der Waals surface area (Å²) >= 11 is 6.18. The van der Waals surface area contributed by atoms with Crippen LogP contribution in [0.15, 0.2) is 36.9 Å². The molecule has 2 aromatic rings. The van der Waals surface area contributed by atoms with Gasteiger partial charge in [-0.15, -0.1) is 0 Å². The fourth-order valence-corrected chi connectivity index (χ4v) is 3.05. The monoisotopic (exact) mass is 306 g/mol. The van der Waals surface area contributed by atoms with Crippen LogP contribution >= 0.6 is 11.6 Å². The molecule has 7 heteroatoms. The Balaban J connectivity index is 1.71. The number of aromatic nitrogens is 2. The number of non-ortho nitro benzene ring substituents is 1. The van der Waals surface area contributed by atoms with Crippen molar-refractivity contribution in [2.45, 2.75) is 18.9 Å². The van der Waals surface area contributed by atoms with E-state index in [1.807, 2.05) is 12.5 Å². The van der Waals surface area contributed by atoms with Gasteiger partial charge in [0.25, 0.3) is 5.69 Å². The number of piperidine rings is 1. The van der Waals surface area contributed by atoms with Crippen molar-refractivity contribution in [3.63, 3.8) is 0 Å². The first-order valence-corrected chi connectivity index (χ1v) is 7.19. The van der Waals surface area contributed by atoms with E-state index in [9.17, 15) is 10.1 Å². The van der Waals surface area contributed by atoms with Crippen LogP contribution in [0.4, 0.5) is 11.4 Å². The maximum atomic E-state index is 10.7. The zero-order valence-corrected chi connectivity index (χ0v) is 12.1. The van der Waals surface area contributed by atoms with Crippen molar-refractivity contribution >= 4 is 23.0 Å². The van der Waals surface area contributed by atoms with Gasteiger partial charge in [-0.25, -0.2) is 4.98 Å². The van der Waals surface area contributed by atoms with Gasteiger partial charge in [-0.1, -0.05) is 11.6 Å². The first kappa shape index (κ1) is 13.9. The van der Waals surface area contributed by atoms with Crippen molar-refractivity contribution in [2.24, 2.45) is 0 Å². The zero-order chi connectivity index (χ0) is 14.8. The molecule has 1 aliphatic heterocycles. The Morgan fingerprint density at radius 3 is 2.67 bits per heavy atom. The van der Waals surface area contributed by atoms with E-state index in [4.69, 9.17) is 11.6 Å². The number of imidazole rings is 1. The van der Waals surface area contributed by atoms with E-state index in [2.05, 4.69) is 14.5 Å². The largest absolute Gasteiger partial charge is 0.370 e. The quantitative estimate of drug-likeness (QED) is 0.645. The van der Waals surface area contributed by atoms with Gasteiger partial charge in [-0.05, 0) is 18.9 Å². The van der Waals surface area contributed by atoms with Crippen molar-refractivity contribution < 1.29 is 4.92 Å². The molecule has 0 aliphatic carbocycles. The van der Waals surface area contributed by atoms with Crippen molar-refractivity contribution in [3.05, 3.63) is 52.1 Å². The molecule has 0 unspecified atom stereocenters. The Hall–Kier alpha value is -2.08. The Labute approximate surface area is 127 Å². The standard InChI is InChI=1S/C14H15ClN4O2/c15-13-9-12(19(20)21)1-2-14(13)17-6-3-11(4-7-17)18-8-5-16-10-18/h1-2,5,8-11H,3-4,6-7H2. The molecule has 0 amide bonds. The summed E-state index contributed by atoms with van der Waals surface area (Å²) in [5.74, 6) is 0. The number of benzene rings is 1. The lowest BCUT2D eigenvalue weighted by atomic mass is 10.0. The van der Waals surface area contributed by atoms with Gasteiger partial charge in [0, 0.05) is 43.7 Å². The van der Waals surface area contributed by atoms with Crippen LogP contribution in [-0.4, -0.2) is 27.6 Å². The second kappa shape index (κ2) is 5.73. The second-order valence-electron chi connectivity index (χ2n) is 5.12. The molecule has 21 heavy (non-hydrogen) atoms. The zero-order valence-electron chi connectivity index (χ0n) is 11.4. The third kappa shape index (κ3) is 2.85. The molecule has 1 aromatic carbocycles. The molecule has 6 nitrogen and oxygen atoms in total. The molecule has 1 saturated heterocycles. The van der Waals surface area contributed by atoms with Gasteiger partial charge >= 0.3 is 0 Å². The summed E-state index contributed by atoms with van der Waals surface area (Å²) in [6.07, 6.45) is 7.63. The molecule has 0 saturated carbocycles. The number of rotatable bonds is 3. The normalized spacial score (nSPS) is 16.1. The minimum Gasteiger partial charge on any atom is -0.370 e. The fourth-order valence-electron chi connectivity index (χ4n) is 2.76. The van der Waals surface area contributed by atoms with Crippen molar-refractivity contribution in [1.29, 1.82) is 0 Å². The topological polar surface area (TPSA) is 64.2 Å². The molecule has 0 bridgehead atoms. The summed E-state index contributed by atoms with van der Waals surface area (Å²) in [7, 11) is 0. The number of nitro groups is 1. The van der Waals surface area contributed by atoms with Crippen LogP contribution in [-0.2, 0) is 0 Å². The number of nitrogens with zero attached hydrogens (tertiary/aromatic N) is 4. The van der Waals surface area contributed by atoms with Gasteiger partial charge in [0.15, 0.2) is 0 Å². The summed E-state index contributed by atoms with van der Waals surface area (Å²) in [4.78, 5) is 16.6. The van der Waals surface area contributed by atoms with E-state index in [0.717, 1.165) is 31.6 Å². The highest BCUT2D eigenvalue weighted by Crippen LogP contribution is 2.33. The summed E-state index contributed by atoms with van der Waals surface area (Å²) in [5.41, 5.74) is 0.892. The highest BCUT2D eigenvalue weighted by molar-refractivity contribution is 6.33. The molecule has 3 rings (SSSR count). The van der Waals surface area contributed by atoms with Gasteiger partial charge in [0.2, 0.25) is 0 Å². The van der Waals surface area contributed by atoms with Crippen molar-refractivity contribution in [3.8, 4) is 0 Å². The third-order valence-corrected chi connectivity index (χ3v) is 4.20. The highest BCUT2D eigenvalue weighted by atomic mass is 35.5. The average molecular weight is 307 g/mol. The van der Waals surface area contributed by atoms with E-state index >= 15 is 0 Å². The summed E-state index contributed by atoms with van der Waals surface area (Å²) in [5, 5.41) is 11.2. The molecule has 110 valence electrons. The average Bonchev–Trinajstić information content (AvgIpc) is 3.01. The number of anilines is 1. The van der Waals surface area contributed by atoms with Crippen LogP contribution in [0.1, 0.15) is 18.9 Å². The second-order valence-corrected chi connectivity index (χ2v) is 5.53. The molecule has 1 aliphatic rings. The van der Waals surface area contributed by atoms with Crippen LogP contribution in [0.25, 0.3) is 0 Å². The molecular formula is C14H15ClN4O2. The molecular weight excluding hydrogens is 292 g/mol. The van der Waals surface area contributed by atoms with E-state index in [1.165, 1.54) is 12.1 Å². The van der Waals surface area contributed by atoms with E-state index < -0.39 is 4.92 Å². The lowest BCUT2D eigenvalue weighted by Crippen LogP contribution is -2.34. The van der Waals surface area contributed by atoms with Gasteiger partial charge in [-0.2, -0.15) is 0 Å². The minimum absolute atomic E-state index is 0.0250. The molecule has 0 radical (unpaired) electrons. The lowest BCUT2D eigenvalue weighted by molar-refractivity contribution is -0.384. The van der Waals surface area contributed by atoms with Crippen LogP contribution in [0.3, 0.4) is 0 Å². The van der Waals surface area contributed by atoms with Crippen LogP contribution in [0.2, 0.25) is 5.02 Å². The Morgan fingerprint density at radius 2 is 2.10 bits per heavy atom. The summed E-state index contributed by atoms with van der Waals surface area (Å²) < 4.78 is 2.13. The first-order chi connectivity index (χ1) is 10.1. The molecule has 1 fully saturated rings. The van der Waals surface area contributed by atoms with Gasteiger partial charge in [-0.3, -0.25) is 10.1 Å². The molecule has 0 N–H and O–H groups in total. The number of halogens is 1. The third-order valence-electron chi connectivity index (χ3n) is 3.89. The number of nitro benzene ring substituents is 1. The van der Waals surface area contributed by atoms with Gasteiger partial charge in [0.05, 0.1) is 22.0 Å². The Morgan fingerprint density at radius 1 is 1.33 bits per heavy atom. The summed E-state index contributed by atoms with van der Waals surface area (Å²) in [6.45, 7) is 1.75. The first-order valence-electron chi connectivity index (χ1n) is 6.81. The number of hydrogen-bond donors (Lipinski definition) is 0. The lowest BCUT2D eigenvalue weighted by Gasteiger charge is -2.34. The SMILES string of the molecule is O=[N+]([O-])c1ccc(N2CCC(n3ccnc3)CC2)c(Cl)c1. The van der Waals surface area contributed by atoms with Crippen molar-refractivity contribution in [2.75, 3.05) is 18.0 Å². The van der Waals surface area contributed by atoms with Crippen LogP contribution < -0.4 is 4.90 Å². The number of hydrogen-bond acceptors (Lipinski definition) is 4. The Kier molecular flexibility index (Phi) is 3.79. The molecule has 2 heterocycles. The van der Waals surface area contributed by atoms with Gasteiger partial charge < -0.3 is 9.47 Å². The van der Waals surface area contributed by atoms with Crippen LogP contribution in [0, 0.1) is 10.1 Å².